The molecular weight excluding hydrogens is 939 g/mol. The molecule has 5 aromatic heterocycles. The van der Waals surface area contributed by atoms with Gasteiger partial charge in [-0.2, -0.15) is 0 Å². The van der Waals surface area contributed by atoms with E-state index in [4.69, 9.17) is 39.9 Å². The molecule has 0 amide bonds. The lowest BCUT2D eigenvalue weighted by Gasteiger charge is -2.16. The third-order valence-electron chi connectivity index (χ3n) is 14.8. The van der Waals surface area contributed by atoms with Gasteiger partial charge in [0.05, 0.1) is 28.3 Å². The van der Waals surface area contributed by atoms with Crippen molar-refractivity contribution in [2.24, 2.45) is 0 Å². The van der Waals surface area contributed by atoms with Crippen LogP contribution in [0.3, 0.4) is 0 Å². The smallest absolute Gasteiger partial charge is 0.156 e. The molecule has 9 aromatic rings. The molecule has 6 aliphatic heterocycles. The van der Waals surface area contributed by atoms with Crippen molar-refractivity contribution >= 4 is 82.0 Å². The number of H-pyrrole nitrogens is 4. The topological polar surface area (TPSA) is 170 Å². The van der Waals surface area contributed by atoms with Gasteiger partial charge < -0.3 is 19.9 Å². The van der Waals surface area contributed by atoms with Gasteiger partial charge in [-0.15, -0.1) is 0 Å². The number of nitrogens with zero attached hydrogens (tertiary/aromatic N) is 9. The lowest BCUT2D eigenvalue weighted by Crippen LogP contribution is -2.21. The average molecular weight is 984 g/mol. The third-order valence-corrected chi connectivity index (χ3v) is 14.8. The fourth-order valence-electron chi connectivity index (χ4n) is 11.4. The largest absolute Gasteiger partial charge is 0.354 e. The lowest BCUT2D eigenvalue weighted by atomic mass is 9.98. The third kappa shape index (κ3) is 7.85. The first kappa shape index (κ1) is 43.6. The molecule has 0 spiro atoms. The predicted octanol–water partition coefficient (Wildman–Crippen LogP) is 13.0. The van der Waals surface area contributed by atoms with Gasteiger partial charge >= 0.3 is 0 Å². The molecular formula is C63H45N13. The van der Waals surface area contributed by atoms with Gasteiger partial charge in [0.15, 0.2) is 23.3 Å². The lowest BCUT2D eigenvalue weighted by molar-refractivity contribution is 0.321. The van der Waals surface area contributed by atoms with Gasteiger partial charge in [0.2, 0.25) is 0 Å². The van der Waals surface area contributed by atoms with Crippen LogP contribution in [0.25, 0.3) is 126 Å². The van der Waals surface area contributed by atoms with E-state index in [0.29, 0.717) is 41.1 Å². The van der Waals surface area contributed by atoms with Gasteiger partial charge in [0, 0.05) is 70.3 Å². The van der Waals surface area contributed by atoms with Gasteiger partial charge in [0.1, 0.15) is 22.9 Å². The quantitative estimate of drug-likeness (QED) is 0.127. The monoisotopic (exact) mass is 983 g/mol. The van der Waals surface area contributed by atoms with E-state index in [-0.39, 0.29) is 11.8 Å². The number of hydrogen-bond donors (Lipinski definition) is 4. The molecule has 0 aliphatic carbocycles. The number of likely N-dealkylation sites (tertiary alicyclic amines) is 1. The molecule has 6 aliphatic rings. The van der Waals surface area contributed by atoms with E-state index in [2.05, 4.69) is 189 Å². The highest BCUT2D eigenvalue weighted by Crippen LogP contribution is 2.44. The number of benzene rings is 4. The first-order valence-electron chi connectivity index (χ1n) is 25.5. The Morgan fingerprint density at radius 1 is 0.355 bits per heavy atom. The summed E-state index contributed by atoms with van der Waals surface area (Å²) in [6.45, 7) is 2.07. The summed E-state index contributed by atoms with van der Waals surface area (Å²) in [5.74, 6) is 3.96. The van der Waals surface area contributed by atoms with Crippen LogP contribution in [0.4, 0.5) is 0 Å². The fourth-order valence-corrected chi connectivity index (χ4v) is 11.4. The maximum Gasteiger partial charge on any atom is 0.156 e. The van der Waals surface area contributed by atoms with E-state index in [9.17, 15) is 0 Å². The summed E-state index contributed by atoms with van der Waals surface area (Å²) >= 11 is 0. The second-order valence-electron chi connectivity index (χ2n) is 19.6. The van der Waals surface area contributed by atoms with E-state index in [0.717, 1.165) is 120 Å². The second kappa shape index (κ2) is 17.9. The average Bonchev–Trinajstić information content (AvgIpc) is 4.34. The highest BCUT2D eigenvalue weighted by atomic mass is 15.2. The van der Waals surface area contributed by atoms with E-state index >= 15 is 0 Å². The number of hydrogen-bond acceptors (Lipinski definition) is 9. The molecule has 4 N–H and O–H groups in total. The van der Waals surface area contributed by atoms with Gasteiger partial charge in [-0.25, -0.2) is 39.9 Å². The maximum atomic E-state index is 5.62. The summed E-state index contributed by atoms with van der Waals surface area (Å²) in [5, 5.41) is 0. The molecule has 2 atom stereocenters. The van der Waals surface area contributed by atoms with E-state index < -0.39 is 0 Å². The maximum absolute atomic E-state index is 5.62. The van der Waals surface area contributed by atoms with Crippen LogP contribution in [0.5, 0.6) is 0 Å². The molecule has 11 heterocycles. The van der Waals surface area contributed by atoms with Crippen molar-refractivity contribution < 1.29 is 0 Å². The fraction of sp³-hybridized carbons (Fsp3) is 0.0794. The Morgan fingerprint density at radius 3 is 1.22 bits per heavy atom. The minimum Gasteiger partial charge on any atom is -0.354 e. The van der Waals surface area contributed by atoms with Crippen molar-refractivity contribution in [1.29, 1.82) is 0 Å². The second-order valence-corrected chi connectivity index (χ2v) is 19.6. The van der Waals surface area contributed by atoms with Crippen LogP contribution in [0.1, 0.15) is 75.1 Å². The van der Waals surface area contributed by atoms with Crippen molar-refractivity contribution in [3.63, 3.8) is 0 Å². The zero-order valence-electron chi connectivity index (χ0n) is 40.9. The molecule has 2 unspecified atom stereocenters. The molecule has 16 bridgehead atoms. The molecule has 13 nitrogen and oxygen atoms in total. The van der Waals surface area contributed by atoms with Crippen molar-refractivity contribution in [1.82, 2.24) is 64.7 Å². The molecule has 1 fully saturated rings. The van der Waals surface area contributed by atoms with Crippen molar-refractivity contribution in [2.75, 3.05) is 13.1 Å². The van der Waals surface area contributed by atoms with Gasteiger partial charge in [-0.1, -0.05) is 121 Å². The van der Waals surface area contributed by atoms with Crippen LogP contribution in [-0.2, 0) is 6.54 Å². The minimum absolute atomic E-state index is 0.0122. The van der Waals surface area contributed by atoms with Crippen molar-refractivity contribution in [3.8, 4) is 44.5 Å². The Balaban J connectivity index is 0.969. The van der Waals surface area contributed by atoms with Crippen LogP contribution in [0, 0.1) is 0 Å². The van der Waals surface area contributed by atoms with Crippen LogP contribution in [0.2, 0.25) is 0 Å². The first-order valence-corrected chi connectivity index (χ1v) is 25.5. The van der Waals surface area contributed by atoms with E-state index in [1.165, 1.54) is 0 Å². The highest BCUT2D eigenvalue weighted by molar-refractivity contribution is 6.00. The SMILES string of the molecule is C1=Cc2nc1nc1[nH]c(nc3nc(nc4ccc(n2)[nH]4)C=C3)C2CN(Cc3cc4[nH]c3c(-c3ccccc3)c3nc(c(-c5ccccc5)c5ccc([nH]5)c(-c5ccccc5)c5nc(c4-c4ccccc4)C=C5)C=C3)CC12. The Bertz CT molecular complexity index is 4240. The Kier molecular flexibility index (Phi) is 10.3. The predicted molar refractivity (Wildman–Crippen MR) is 303 cm³/mol. The summed E-state index contributed by atoms with van der Waals surface area (Å²) in [4.78, 5) is 57.9. The van der Waals surface area contributed by atoms with Crippen molar-refractivity contribution in [2.45, 2.75) is 18.4 Å². The van der Waals surface area contributed by atoms with Crippen LogP contribution in [0.15, 0.2) is 152 Å². The Labute approximate surface area is 435 Å². The number of fused-ring (bicyclic) bond motifs is 19. The Morgan fingerprint density at radius 2 is 0.763 bits per heavy atom. The molecule has 0 saturated carbocycles. The molecule has 362 valence electrons. The molecule has 4 aromatic carbocycles. The van der Waals surface area contributed by atoms with Gasteiger partial charge in [-0.3, -0.25) is 4.90 Å². The number of aromatic nitrogens is 12. The van der Waals surface area contributed by atoms with Crippen LogP contribution >= 0.6 is 0 Å². The zero-order valence-corrected chi connectivity index (χ0v) is 40.9. The van der Waals surface area contributed by atoms with Crippen LogP contribution in [-0.4, -0.2) is 77.8 Å². The summed E-state index contributed by atoms with van der Waals surface area (Å²) in [7, 11) is 0. The molecule has 76 heavy (non-hydrogen) atoms. The minimum atomic E-state index is 0.0122. The van der Waals surface area contributed by atoms with Gasteiger partial charge in [0.25, 0.3) is 0 Å². The summed E-state index contributed by atoms with van der Waals surface area (Å²) in [6.07, 6.45) is 16.2. The summed E-state index contributed by atoms with van der Waals surface area (Å²) < 4.78 is 0. The summed E-state index contributed by atoms with van der Waals surface area (Å²) in [5.41, 5.74) is 18.0. The van der Waals surface area contributed by atoms with E-state index in [1.54, 1.807) is 0 Å². The molecule has 1 saturated heterocycles. The zero-order chi connectivity index (χ0) is 50.1. The molecule has 13 heteroatoms. The van der Waals surface area contributed by atoms with E-state index in [1.807, 2.05) is 36.4 Å². The number of aromatic amines is 4. The molecule has 0 radical (unpaired) electrons. The number of nitrogens with one attached hydrogen (secondary N) is 4. The van der Waals surface area contributed by atoms with Gasteiger partial charge in [-0.05, 0) is 107 Å². The summed E-state index contributed by atoms with van der Waals surface area (Å²) in [6, 6.07) is 52.7. The highest BCUT2D eigenvalue weighted by Gasteiger charge is 2.42. The van der Waals surface area contributed by atoms with Crippen molar-refractivity contribution in [3.05, 3.63) is 215 Å². The molecule has 15 rings (SSSR count). The first-order chi connectivity index (χ1) is 37.6. The Hall–Kier alpha value is -9.98. The number of rotatable bonds is 6. The van der Waals surface area contributed by atoms with Crippen LogP contribution < -0.4 is 0 Å². The normalized spacial score (nSPS) is 15.8. The standard InChI is InChI=1S/C63H45N13/c1-5-13-37(14-6-1)57-44-21-22-45(64-44)58(38-15-7-2-8-16-38)47-25-26-49(66-47)60(40-19-11-4-12-20-40)61-41(33-50(67-61)59(39-17-9-3-10-18-39)48-24-23-46(57)65-48)34-76-35-42-43(36-76)63-74-56-32-30-54(72-56)70-52-28-27-51(68-52)69-53-29-31-55(71-53)73-62(42)75-63/h1-33,42-43,64,67H,34-36H2,(H2,68,69,70,71,72,73,74,75).